The van der Waals surface area contributed by atoms with Gasteiger partial charge in [0, 0.05) is 49.8 Å². The standard InChI is InChI=1S/C19H21N3O5/c23-19(24)21-11-9-17(10-12-21)27-16-7-5-15(6-8-16)20-13-14-3-1-2-4-18(14)22(25)26/h1-8,17,20H,9-13H2,(H,23,24). The van der Waals surface area contributed by atoms with Crippen LogP contribution in [0, 0.1) is 10.1 Å². The number of nitro benzene ring substituents is 1. The van der Waals surface area contributed by atoms with Gasteiger partial charge in [-0.1, -0.05) is 18.2 Å². The molecule has 2 N–H and O–H groups in total. The van der Waals surface area contributed by atoms with Crippen molar-refractivity contribution in [3.63, 3.8) is 0 Å². The summed E-state index contributed by atoms with van der Waals surface area (Å²) in [4.78, 5) is 23.0. The van der Waals surface area contributed by atoms with Gasteiger partial charge in [-0.25, -0.2) is 4.79 Å². The van der Waals surface area contributed by atoms with Crippen LogP contribution in [0.1, 0.15) is 18.4 Å². The van der Waals surface area contributed by atoms with Crippen LogP contribution in [-0.2, 0) is 6.54 Å². The largest absolute Gasteiger partial charge is 0.490 e. The van der Waals surface area contributed by atoms with Crippen LogP contribution in [0.4, 0.5) is 16.2 Å². The topological polar surface area (TPSA) is 105 Å². The first-order chi connectivity index (χ1) is 13.0. The molecule has 8 nitrogen and oxygen atoms in total. The highest BCUT2D eigenvalue weighted by Gasteiger charge is 2.23. The molecule has 2 aromatic rings. The number of rotatable bonds is 6. The van der Waals surface area contributed by atoms with Crippen LogP contribution < -0.4 is 10.1 Å². The van der Waals surface area contributed by atoms with Gasteiger partial charge in [-0.15, -0.1) is 0 Å². The van der Waals surface area contributed by atoms with E-state index in [0.717, 1.165) is 11.4 Å². The second kappa shape index (κ2) is 8.39. The van der Waals surface area contributed by atoms with E-state index in [9.17, 15) is 14.9 Å². The molecule has 2 aromatic carbocycles. The number of para-hydroxylation sites is 1. The van der Waals surface area contributed by atoms with E-state index in [1.54, 1.807) is 18.2 Å². The van der Waals surface area contributed by atoms with Crippen LogP contribution in [0.5, 0.6) is 5.75 Å². The molecule has 0 unspecified atom stereocenters. The van der Waals surface area contributed by atoms with Gasteiger partial charge < -0.3 is 20.1 Å². The van der Waals surface area contributed by atoms with Crippen LogP contribution >= 0.6 is 0 Å². The summed E-state index contributed by atoms with van der Waals surface area (Å²) in [7, 11) is 0. The lowest BCUT2D eigenvalue weighted by atomic mass is 10.1. The van der Waals surface area contributed by atoms with Crippen LogP contribution in [0.2, 0.25) is 0 Å². The van der Waals surface area contributed by atoms with Crippen molar-refractivity contribution >= 4 is 17.5 Å². The molecule has 8 heteroatoms. The first kappa shape index (κ1) is 18.5. The normalized spacial score (nSPS) is 14.6. The van der Waals surface area contributed by atoms with Gasteiger partial charge in [-0.2, -0.15) is 0 Å². The molecule has 0 aromatic heterocycles. The molecule has 142 valence electrons. The summed E-state index contributed by atoms with van der Waals surface area (Å²) < 4.78 is 5.92. The zero-order valence-electron chi connectivity index (χ0n) is 14.7. The lowest BCUT2D eigenvalue weighted by molar-refractivity contribution is -0.385. The molecule has 0 atom stereocenters. The van der Waals surface area contributed by atoms with E-state index >= 15 is 0 Å². The second-order valence-electron chi connectivity index (χ2n) is 6.35. The number of carboxylic acid groups (broad SMARTS) is 1. The Hall–Kier alpha value is -3.29. The molecule has 0 saturated carbocycles. The van der Waals surface area contributed by atoms with Crippen molar-refractivity contribution in [1.29, 1.82) is 0 Å². The van der Waals surface area contributed by atoms with Crippen molar-refractivity contribution in [2.24, 2.45) is 0 Å². The van der Waals surface area contributed by atoms with E-state index in [1.165, 1.54) is 11.0 Å². The first-order valence-electron chi connectivity index (χ1n) is 8.73. The SMILES string of the molecule is O=C(O)N1CCC(Oc2ccc(NCc3ccccc3[N+](=O)[O-])cc2)CC1. The Morgan fingerprint density at radius 2 is 1.85 bits per heavy atom. The van der Waals surface area contributed by atoms with Crippen LogP contribution in [0.25, 0.3) is 0 Å². The summed E-state index contributed by atoms with van der Waals surface area (Å²) >= 11 is 0. The average molecular weight is 371 g/mol. The smallest absolute Gasteiger partial charge is 0.407 e. The van der Waals surface area contributed by atoms with E-state index in [2.05, 4.69) is 5.32 Å². The number of carbonyl (C=O) groups is 1. The summed E-state index contributed by atoms with van der Waals surface area (Å²) in [6.45, 7) is 1.32. The number of nitro groups is 1. The molecule has 0 bridgehead atoms. The molecule has 0 radical (unpaired) electrons. The highest BCUT2D eigenvalue weighted by molar-refractivity contribution is 5.65. The van der Waals surface area contributed by atoms with E-state index in [-0.39, 0.29) is 16.7 Å². The summed E-state index contributed by atoms with van der Waals surface area (Å²) in [6, 6.07) is 14.0. The van der Waals surface area contributed by atoms with Gasteiger partial charge >= 0.3 is 6.09 Å². The molecule has 0 spiro atoms. The molecule has 1 amide bonds. The molecule has 1 fully saturated rings. The molecule has 27 heavy (non-hydrogen) atoms. The Bertz CT molecular complexity index is 801. The van der Waals surface area contributed by atoms with Gasteiger partial charge in [-0.3, -0.25) is 10.1 Å². The Balaban J connectivity index is 1.52. The Morgan fingerprint density at radius 1 is 1.19 bits per heavy atom. The molecular formula is C19H21N3O5. The number of likely N-dealkylation sites (tertiary alicyclic amines) is 1. The lowest BCUT2D eigenvalue weighted by Gasteiger charge is -2.30. The summed E-state index contributed by atoms with van der Waals surface area (Å²) in [5, 5.41) is 23.2. The minimum absolute atomic E-state index is 0.00591. The zero-order valence-corrected chi connectivity index (χ0v) is 14.7. The third-order valence-electron chi connectivity index (χ3n) is 4.54. The van der Waals surface area contributed by atoms with Crippen LogP contribution in [-0.4, -0.2) is 40.2 Å². The van der Waals surface area contributed by atoms with Gasteiger partial charge in [0.15, 0.2) is 0 Å². The number of anilines is 1. The van der Waals surface area contributed by atoms with Crippen molar-refractivity contribution in [2.75, 3.05) is 18.4 Å². The molecule has 1 aliphatic heterocycles. The van der Waals surface area contributed by atoms with Gasteiger partial charge in [0.25, 0.3) is 5.69 Å². The van der Waals surface area contributed by atoms with Gasteiger partial charge in [0.1, 0.15) is 11.9 Å². The molecule has 0 aliphatic carbocycles. The maximum absolute atomic E-state index is 11.1. The van der Waals surface area contributed by atoms with Gasteiger partial charge in [0.2, 0.25) is 0 Å². The van der Waals surface area contributed by atoms with Crippen LogP contribution in [0.15, 0.2) is 48.5 Å². The first-order valence-corrected chi connectivity index (χ1v) is 8.73. The Labute approximate surface area is 156 Å². The summed E-state index contributed by atoms with van der Waals surface area (Å²) in [5.41, 5.74) is 1.55. The number of benzene rings is 2. The molecule has 1 aliphatic rings. The maximum Gasteiger partial charge on any atom is 0.407 e. The summed E-state index contributed by atoms with van der Waals surface area (Å²) in [5.74, 6) is 0.722. The molecular weight excluding hydrogens is 350 g/mol. The third-order valence-corrected chi connectivity index (χ3v) is 4.54. The predicted octanol–water partition coefficient (Wildman–Crippen LogP) is 3.73. The average Bonchev–Trinajstić information content (AvgIpc) is 2.68. The number of amides is 1. The minimum Gasteiger partial charge on any atom is -0.490 e. The molecule has 3 rings (SSSR count). The molecule has 1 heterocycles. The second-order valence-corrected chi connectivity index (χ2v) is 6.35. The van der Waals surface area contributed by atoms with E-state index in [1.807, 2.05) is 24.3 Å². The highest BCUT2D eigenvalue weighted by atomic mass is 16.6. The minimum atomic E-state index is -0.887. The Kier molecular flexibility index (Phi) is 5.75. The van der Waals surface area contributed by atoms with Gasteiger partial charge in [-0.05, 0) is 24.3 Å². The van der Waals surface area contributed by atoms with Crippen molar-refractivity contribution in [1.82, 2.24) is 4.90 Å². The van der Waals surface area contributed by atoms with Crippen molar-refractivity contribution in [3.05, 3.63) is 64.2 Å². The Morgan fingerprint density at radius 3 is 2.48 bits per heavy atom. The number of nitrogens with zero attached hydrogens (tertiary/aromatic N) is 2. The number of piperidine rings is 1. The number of hydrogen-bond donors (Lipinski definition) is 2. The molecule has 1 saturated heterocycles. The van der Waals surface area contributed by atoms with E-state index in [4.69, 9.17) is 9.84 Å². The van der Waals surface area contributed by atoms with Crippen LogP contribution in [0.3, 0.4) is 0 Å². The van der Waals surface area contributed by atoms with Crippen molar-refractivity contribution in [3.8, 4) is 5.75 Å². The van der Waals surface area contributed by atoms with E-state index in [0.29, 0.717) is 38.0 Å². The fourth-order valence-electron chi connectivity index (χ4n) is 3.04. The van der Waals surface area contributed by atoms with Crippen molar-refractivity contribution in [2.45, 2.75) is 25.5 Å². The summed E-state index contributed by atoms with van der Waals surface area (Å²) in [6.07, 6.45) is 0.461. The monoisotopic (exact) mass is 371 g/mol. The maximum atomic E-state index is 11.1. The third kappa shape index (κ3) is 4.87. The fraction of sp³-hybridized carbons (Fsp3) is 0.316. The number of ether oxygens (including phenoxy) is 1. The van der Waals surface area contributed by atoms with E-state index < -0.39 is 6.09 Å². The number of hydrogen-bond acceptors (Lipinski definition) is 5. The number of nitrogens with one attached hydrogen (secondary N) is 1. The fourth-order valence-corrected chi connectivity index (χ4v) is 3.04. The lowest BCUT2D eigenvalue weighted by Crippen LogP contribution is -2.41. The quantitative estimate of drug-likeness (QED) is 0.592. The van der Waals surface area contributed by atoms with Crippen molar-refractivity contribution < 1.29 is 19.6 Å². The van der Waals surface area contributed by atoms with Gasteiger partial charge in [0.05, 0.1) is 4.92 Å². The highest BCUT2D eigenvalue weighted by Crippen LogP contribution is 2.23. The zero-order chi connectivity index (χ0) is 19.2. The predicted molar refractivity (Wildman–Crippen MR) is 100 cm³/mol.